The van der Waals surface area contributed by atoms with Gasteiger partial charge < -0.3 is 25.2 Å². The van der Waals surface area contributed by atoms with Gasteiger partial charge in [-0.3, -0.25) is 4.79 Å². The number of likely N-dealkylation sites (tertiary alicyclic amines) is 1. The molecule has 6 nitrogen and oxygen atoms in total. The number of aliphatic hydroxyl groups is 1. The molecule has 3 N–H and O–H groups in total. The number of carbonyl (C=O) groups is 1. The lowest BCUT2D eigenvalue weighted by atomic mass is 10.2. The summed E-state index contributed by atoms with van der Waals surface area (Å²) in [5.41, 5.74) is 5.97. The Kier molecular flexibility index (Phi) is 5.55. The van der Waals surface area contributed by atoms with Gasteiger partial charge in [0, 0.05) is 25.8 Å². The molecule has 21 heavy (non-hydrogen) atoms. The van der Waals surface area contributed by atoms with Crippen LogP contribution in [0.15, 0.2) is 24.3 Å². The van der Waals surface area contributed by atoms with E-state index in [1.54, 1.807) is 29.2 Å². The second kappa shape index (κ2) is 7.40. The van der Waals surface area contributed by atoms with Gasteiger partial charge in [0.1, 0.15) is 11.9 Å². The summed E-state index contributed by atoms with van der Waals surface area (Å²) in [6.45, 7) is 1.86. The molecular weight excluding hydrogens is 272 g/mol. The monoisotopic (exact) mass is 294 g/mol. The number of nitrogens with two attached hydrogens (primary N) is 1. The Labute approximate surface area is 124 Å². The van der Waals surface area contributed by atoms with E-state index < -0.39 is 6.10 Å². The molecule has 0 unspecified atom stereocenters. The summed E-state index contributed by atoms with van der Waals surface area (Å²) >= 11 is 0. The van der Waals surface area contributed by atoms with Gasteiger partial charge >= 0.3 is 0 Å². The standard InChI is InChI=1S/C15H22N2O4/c1-20-14-10-17(9-13(14)18)15(19)11-3-5-12(6-4-11)21-8-2-7-16/h3-6,13-14,18H,2,7-10,16H2,1H3/t13-,14-/m1/s1. The second-order valence-electron chi connectivity index (χ2n) is 5.07. The molecule has 0 saturated carbocycles. The molecule has 1 fully saturated rings. The van der Waals surface area contributed by atoms with E-state index in [-0.39, 0.29) is 12.0 Å². The second-order valence-corrected chi connectivity index (χ2v) is 5.07. The van der Waals surface area contributed by atoms with Crippen LogP contribution in [0.5, 0.6) is 5.75 Å². The Morgan fingerprint density at radius 2 is 2.10 bits per heavy atom. The van der Waals surface area contributed by atoms with Crippen molar-refractivity contribution in [2.45, 2.75) is 18.6 Å². The van der Waals surface area contributed by atoms with Crippen molar-refractivity contribution >= 4 is 5.91 Å². The fraction of sp³-hybridized carbons (Fsp3) is 0.533. The van der Waals surface area contributed by atoms with E-state index in [0.717, 1.165) is 12.2 Å². The third-order valence-electron chi connectivity index (χ3n) is 3.55. The van der Waals surface area contributed by atoms with Gasteiger partial charge in [0.05, 0.1) is 12.7 Å². The minimum absolute atomic E-state index is 0.109. The number of benzene rings is 1. The molecule has 0 aromatic heterocycles. The van der Waals surface area contributed by atoms with Crippen molar-refractivity contribution in [1.29, 1.82) is 0 Å². The minimum Gasteiger partial charge on any atom is -0.494 e. The fourth-order valence-corrected chi connectivity index (χ4v) is 2.30. The molecule has 1 aliphatic rings. The predicted molar refractivity (Wildman–Crippen MR) is 78.3 cm³/mol. The summed E-state index contributed by atoms with van der Waals surface area (Å²) in [6, 6.07) is 6.99. The number of hydrogen-bond donors (Lipinski definition) is 2. The lowest BCUT2D eigenvalue weighted by Gasteiger charge is -2.16. The number of methoxy groups -OCH3 is 1. The third kappa shape index (κ3) is 3.93. The molecule has 1 aromatic carbocycles. The Morgan fingerprint density at radius 1 is 1.38 bits per heavy atom. The summed E-state index contributed by atoms with van der Waals surface area (Å²) < 4.78 is 10.6. The number of carbonyl (C=O) groups excluding carboxylic acids is 1. The van der Waals surface area contributed by atoms with E-state index >= 15 is 0 Å². The molecule has 0 bridgehead atoms. The van der Waals surface area contributed by atoms with Crippen molar-refractivity contribution in [3.05, 3.63) is 29.8 Å². The average Bonchev–Trinajstić information content (AvgIpc) is 2.88. The number of hydrogen-bond acceptors (Lipinski definition) is 5. The Balaban J connectivity index is 1.94. The van der Waals surface area contributed by atoms with Gasteiger partial charge in [0.25, 0.3) is 5.91 Å². The number of nitrogens with zero attached hydrogens (tertiary/aromatic N) is 1. The van der Waals surface area contributed by atoms with Crippen LogP contribution in [0.25, 0.3) is 0 Å². The fourth-order valence-electron chi connectivity index (χ4n) is 2.30. The van der Waals surface area contributed by atoms with Crippen molar-refractivity contribution in [1.82, 2.24) is 4.90 Å². The van der Waals surface area contributed by atoms with E-state index in [1.807, 2.05) is 0 Å². The summed E-state index contributed by atoms with van der Waals surface area (Å²) in [5, 5.41) is 9.77. The molecular formula is C15H22N2O4. The van der Waals surface area contributed by atoms with Gasteiger partial charge in [0.15, 0.2) is 0 Å². The van der Waals surface area contributed by atoms with E-state index in [2.05, 4.69) is 0 Å². The molecule has 1 amide bonds. The van der Waals surface area contributed by atoms with Crippen LogP contribution in [0.3, 0.4) is 0 Å². The van der Waals surface area contributed by atoms with E-state index in [1.165, 1.54) is 7.11 Å². The number of β-amino-alcohol motifs (C(OH)–C–C–N with tert-alkyl or cyclic N) is 1. The lowest BCUT2D eigenvalue weighted by Crippen LogP contribution is -2.29. The van der Waals surface area contributed by atoms with Crippen LogP contribution in [-0.2, 0) is 4.74 Å². The quantitative estimate of drug-likeness (QED) is 0.734. The first-order valence-corrected chi connectivity index (χ1v) is 7.08. The summed E-state index contributed by atoms with van der Waals surface area (Å²) in [5.74, 6) is 0.610. The SMILES string of the molecule is CO[C@@H]1CN(C(=O)c2ccc(OCCCN)cc2)C[C@H]1O. The molecule has 0 aliphatic carbocycles. The van der Waals surface area contributed by atoms with E-state index in [4.69, 9.17) is 15.2 Å². The van der Waals surface area contributed by atoms with Crippen molar-refractivity contribution in [2.75, 3.05) is 33.4 Å². The summed E-state index contributed by atoms with van der Waals surface area (Å²) in [7, 11) is 1.54. The average molecular weight is 294 g/mol. The number of amides is 1. The van der Waals surface area contributed by atoms with E-state index in [9.17, 15) is 9.90 Å². The molecule has 0 spiro atoms. The van der Waals surface area contributed by atoms with E-state index in [0.29, 0.717) is 31.8 Å². The van der Waals surface area contributed by atoms with Crippen molar-refractivity contribution in [2.24, 2.45) is 5.73 Å². The Bertz CT molecular complexity index is 463. The van der Waals surface area contributed by atoms with Gasteiger partial charge in [-0.25, -0.2) is 0 Å². The first-order valence-electron chi connectivity index (χ1n) is 7.08. The maximum atomic E-state index is 12.3. The first-order chi connectivity index (χ1) is 10.2. The third-order valence-corrected chi connectivity index (χ3v) is 3.55. The largest absolute Gasteiger partial charge is 0.494 e. The molecule has 116 valence electrons. The van der Waals surface area contributed by atoms with Crippen LogP contribution in [-0.4, -0.2) is 61.5 Å². The molecule has 2 rings (SSSR count). The van der Waals surface area contributed by atoms with Crippen LogP contribution in [0, 0.1) is 0 Å². The number of rotatable bonds is 6. The molecule has 1 saturated heterocycles. The highest BCUT2D eigenvalue weighted by Gasteiger charge is 2.34. The van der Waals surface area contributed by atoms with Crippen LogP contribution >= 0.6 is 0 Å². The lowest BCUT2D eigenvalue weighted by molar-refractivity contribution is 0.0215. The van der Waals surface area contributed by atoms with Crippen molar-refractivity contribution in [3.8, 4) is 5.75 Å². The van der Waals surface area contributed by atoms with Gasteiger partial charge in [-0.1, -0.05) is 0 Å². The molecule has 1 aromatic rings. The zero-order valence-electron chi connectivity index (χ0n) is 12.2. The molecule has 0 radical (unpaired) electrons. The van der Waals surface area contributed by atoms with Gasteiger partial charge in [0.2, 0.25) is 0 Å². The van der Waals surface area contributed by atoms with Crippen LogP contribution in [0.4, 0.5) is 0 Å². The van der Waals surface area contributed by atoms with Gasteiger partial charge in [-0.15, -0.1) is 0 Å². The van der Waals surface area contributed by atoms with Crippen molar-refractivity contribution < 1.29 is 19.4 Å². The molecule has 2 atom stereocenters. The number of aliphatic hydroxyl groups excluding tert-OH is 1. The maximum Gasteiger partial charge on any atom is 0.254 e. The smallest absolute Gasteiger partial charge is 0.254 e. The maximum absolute atomic E-state index is 12.3. The topological polar surface area (TPSA) is 85.0 Å². The molecule has 1 aliphatic heterocycles. The van der Waals surface area contributed by atoms with Gasteiger partial charge in [-0.05, 0) is 37.2 Å². The van der Waals surface area contributed by atoms with Crippen LogP contribution in [0.1, 0.15) is 16.8 Å². The summed E-state index contributed by atoms with van der Waals surface area (Å²) in [4.78, 5) is 13.9. The molecule has 6 heteroatoms. The zero-order valence-corrected chi connectivity index (χ0v) is 12.2. The minimum atomic E-state index is -0.627. The first kappa shape index (κ1) is 15.8. The Morgan fingerprint density at radius 3 is 2.67 bits per heavy atom. The van der Waals surface area contributed by atoms with Crippen LogP contribution < -0.4 is 10.5 Å². The number of ether oxygens (including phenoxy) is 2. The highest BCUT2D eigenvalue weighted by Crippen LogP contribution is 2.18. The van der Waals surface area contributed by atoms with Gasteiger partial charge in [-0.2, -0.15) is 0 Å². The van der Waals surface area contributed by atoms with Crippen LogP contribution in [0.2, 0.25) is 0 Å². The highest BCUT2D eigenvalue weighted by atomic mass is 16.5. The predicted octanol–water partition coefficient (Wildman–Crippen LogP) is 0.246. The zero-order chi connectivity index (χ0) is 15.2. The summed E-state index contributed by atoms with van der Waals surface area (Å²) in [6.07, 6.45) is -0.143. The Hall–Kier alpha value is -1.63. The van der Waals surface area contributed by atoms with Crippen molar-refractivity contribution in [3.63, 3.8) is 0 Å². The molecule has 1 heterocycles. The normalized spacial score (nSPS) is 21.6. The highest BCUT2D eigenvalue weighted by molar-refractivity contribution is 5.94.